The van der Waals surface area contributed by atoms with Crippen LogP contribution >= 0.6 is 15.9 Å². The van der Waals surface area contributed by atoms with Gasteiger partial charge < -0.3 is 19.3 Å². The smallest absolute Gasteiger partial charge is 0.271 e. The number of halogens is 1. The van der Waals surface area contributed by atoms with Gasteiger partial charge in [-0.15, -0.1) is 0 Å². The van der Waals surface area contributed by atoms with Gasteiger partial charge >= 0.3 is 0 Å². The highest BCUT2D eigenvalue weighted by molar-refractivity contribution is 9.10. The Bertz CT molecular complexity index is 981. The Labute approximate surface area is 187 Å². The number of likely N-dealkylation sites (tertiary alicyclic amines) is 1. The van der Waals surface area contributed by atoms with Gasteiger partial charge in [0.05, 0.1) is 28.9 Å². The maximum absolute atomic E-state index is 13.7. The molecule has 1 aromatic heterocycles. The Morgan fingerprint density at radius 2 is 2.10 bits per heavy atom. The second-order valence-corrected chi connectivity index (χ2v) is 9.65. The molecule has 2 atom stereocenters. The number of carbonyl (C=O) groups excluding carboxylic acids is 1. The number of benzene rings is 1. The van der Waals surface area contributed by atoms with E-state index in [1.165, 1.54) is 16.7 Å². The first-order chi connectivity index (χ1) is 14.3. The molecule has 1 saturated heterocycles. The van der Waals surface area contributed by atoms with Crippen molar-refractivity contribution in [3.05, 3.63) is 39.5 Å². The van der Waals surface area contributed by atoms with E-state index >= 15 is 0 Å². The molecule has 0 radical (unpaired) electrons. The fraction of sp³-hybridized carbons (Fsp3) is 0.542. The normalized spacial score (nSPS) is 21.3. The van der Waals surface area contributed by atoms with Crippen molar-refractivity contribution in [1.82, 2.24) is 9.47 Å². The summed E-state index contributed by atoms with van der Waals surface area (Å²) in [5.74, 6) is 0.877. The molecule has 2 aromatic rings. The van der Waals surface area contributed by atoms with Gasteiger partial charge in [-0.25, -0.2) is 0 Å². The summed E-state index contributed by atoms with van der Waals surface area (Å²) in [6, 6.07) is 6.33. The van der Waals surface area contributed by atoms with E-state index in [9.17, 15) is 9.90 Å². The van der Waals surface area contributed by atoms with Crippen LogP contribution in [0.3, 0.4) is 0 Å². The molecule has 1 N–H and O–H groups in total. The molecule has 2 aliphatic heterocycles. The highest BCUT2D eigenvalue weighted by Crippen LogP contribution is 2.41. The molecule has 1 aromatic carbocycles. The molecule has 0 unspecified atom stereocenters. The highest BCUT2D eigenvalue weighted by atomic mass is 79.9. The average Bonchev–Trinajstić information content (AvgIpc) is 3.29. The Morgan fingerprint density at radius 1 is 1.33 bits per heavy atom. The van der Waals surface area contributed by atoms with Crippen molar-refractivity contribution in [1.29, 1.82) is 0 Å². The van der Waals surface area contributed by atoms with Gasteiger partial charge in [-0.1, -0.05) is 13.3 Å². The number of carbonyl (C=O) groups is 1. The lowest BCUT2D eigenvalue weighted by molar-refractivity contribution is 0.0145. The first kappa shape index (κ1) is 21.4. The van der Waals surface area contributed by atoms with Crippen LogP contribution in [0, 0.1) is 0 Å². The Hall–Kier alpha value is -1.79. The van der Waals surface area contributed by atoms with Crippen LogP contribution in [0.25, 0.3) is 11.3 Å². The van der Waals surface area contributed by atoms with Crippen molar-refractivity contribution in [2.45, 2.75) is 71.1 Å². The summed E-state index contributed by atoms with van der Waals surface area (Å²) in [5, 5.41) is 10.4. The number of hydrogen-bond donors (Lipinski definition) is 1. The largest absolute Gasteiger partial charge is 0.496 e. The molecule has 0 aliphatic carbocycles. The third kappa shape index (κ3) is 3.28. The fourth-order valence-corrected chi connectivity index (χ4v) is 5.60. The standard InChI is InChI=1S/C24H31BrN2O3/c1-5-7-17-12-20(23(29)27-10-6-9-24(27,3)15(2)28)26-11-8-16-13-21(30-4)19(25)14-18(16)22(17)26/h12-15,28H,5-11H2,1-4H3/t15-,24-/m1/s1. The first-order valence-corrected chi connectivity index (χ1v) is 11.7. The third-order valence-electron chi connectivity index (χ3n) is 6.98. The molecule has 162 valence electrons. The minimum absolute atomic E-state index is 0.0375. The molecule has 0 saturated carbocycles. The number of aliphatic hydroxyl groups is 1. The Kier molecular flexibility index (Phi) is 5.75. The zero-order chi connectivity index (χ0) is 21.6. The van der Waals surface area contributed by atoms with Crippen LogP contribution < -0.4 is 4.74 Å². The van der Waals surface area contributed by atoms with Gasteiger partial charge in [0.25, 0.3) is 5.91 Å². The molecule has 0 spiro atoms. The number of aliphatic hydroxyl groups excluding tert-OH is 1. The van der Waals surface area contributed by atoms with E-state index in [0.29, 0.717) is 6.54 Å². The van der Waals surface area contributed by atoms with Crippen molar-refractivity contribution in [2.75, 3.05) is 13.7 Å². The van der Waals surface area contributed by atoms with Gasteiger partial charge in [0, 0.05) is 18.7 Å². The number of methoxy groups -OCH3 is 1. The van der Waals surface area contributed by atoms with E-state index < -0.39 is 11.6 Å². The maximum atomic E-state index is 13.7. The summed E-state index contributed by atoms with van der Waals surface area (Å²) in [6.07, 6.45) is 4.02. The lowest BCUT2D eigenvalue weighted by atomic mass is 9.92. The van der Waals surface area contributed by atoms with Crippen LogP contribution in [0.2, 0.25) is 0 Å². The van der Waals surface area contributed by atoms with E-state index in [2.05, 4.69) is 45.6 Å². The molecule has 30 heavy (non-hydrogen) atoms. The van der Waals surface area contributed by atoms with Crippen molar-refractivity contribution in [3.8, 4) is 17.0 Å². The van der Waals surface area contributed by atoms with Gasteiger partial charge in [0.2, 0.25) is 0 Å². The molecule has 3 heterocycles. The van der Waals surface area contributed by atoms with Crippen LogP contribution in [-0.2, 0) is 19.4 Å². The van der Waals surface area contributed by atoms with Crippen LogP contribution in [0.1, 0.15) is 61.6 Å². The van der Waals surface area contributed by atoms with Crippen LogP contribution in [-0.4, -0.2) is 45.8 Å². The number of aryl methyl sites for hydroxylation is 2. The SMILES string of the molecule is CCCc1cc(C(=O)N2CCC[C@]2(C)[C@@H](C)O)n2c1-c1cc(Br)c(OC)cc1CC2. The summed E-state index contributed by atoms with van der Waals surface area (Å²) in [4.78, 5) is 15.6. The second-order valence-electron chi connectivity index (χ2n) is 8.79. The summed E-state index contributed by atoms with van der Waals surface area (Å²) in [6.45, 7) is 7.45. The van der Waals surface area contributed by atoms with Gasteiger partial charge in [0.15, 0.2) is 0 Å². The summed E-state index contributed by atoms with van der Waals surface area (Å²) >= 11 is 3.63. The molecule has 6 heteroatoms. The molecule has 1 amide bonds. The zero-order valence-electron chi connectivity index (χ0n) is 18.3. The number of ether oxygens (including phenoxy) is 1. The van der Waals surface area contributed by atoms with Crippen molar-refractivity contribution >= 4 is 21.8 Å². The molecule has 2 aliphatic rings. The summed E-state index contributed by atoms with van der Waals surface area (Å²) in [5.41, 5.74) is 5.05. The predicted molar refractivity (Wildman–Crippen MR) is 122 cm³/mol. The first-order valence-electron chi connectivity index (χ1n) is 10.9. The van der Waals surface area contributed by atoms with E-state index in [0.717, 1.165) is 60.3 Å². The number of aromatic nitrogens is 1. The number of nitrogens with zero attached hydrogens (tertiary/aromatic N) is 2. The van der Waals surface area contributed by atoms with Crippen molar-refractivity contribution in [2.24, 2.45) is 0 Å². The summed E-state index contributed by atoms with van der Waals surface area (Å²) in [7, 11) is 1.69. The number of hydrogen-bond acceptors (Lipinski definition) is 3. The average molecular weight is 475 g/mol. The maximum Gasteiger partial charge on any atom is 0.271 e. The van der Waals surface area contributed by atoms with E-state index in [-0.39, 0.29) is 5.91 Å². The Morgan fingerprint density at radius 3 is 2.77 bits per heavy atom. The third-order valence-corrected chi connectivity index (χ3v) is 7.60. The molecular formula is C24H31BrN2O3. The van der Waals surface area contributed by atoms with Gasteiger partial charge in [-0.05, 0) is 84.8 Å². The molecule has 0 bridgehead atoms. The van der Waals surface area contributed by atoms with Crippen LogP contribution in [0.5, 0.6) is 5.75 Å². The van der Waals surface area contributed by atoms with Gasteiger partial charge in [-0.2, -0.15) is 0 Å². The quantitative estimate of drug-likeness (QED) is 0.676. The van der Waals surface area contributed by atoms with Gasteiger partial charge in [0.1, 0.15) is 11.4 Å². The minimum atomic E-state index is -0.556. The van der Waals surface area contributed by atoms with Gasteiger partial charge in [-0.3, -0.25) is 4.79 Å². The predicted octanol–water partition coefficient (Wildman–Crippen LogP) is 4.81. The summed E-state index contributed by atoms with van der Waals surface area (Å²) < 4.78 is 8.62. The number of amides is 1. The zero-order valence-corrected chi connectivity index (χ0v) is 19.9. The number of fused-ring (bicyclic) bond motifs is 3. The van der Waals surface area contributed by atoms with Crippen molar-refractivity contribution < 1.29 is 14.6 Å². The monoisotopic (exact) mass is 474 g/mol. The number of rotatable bonds is 5. The minimum Gasteiger partial charge on any atom is -0.496 e. The van der Waals surface area contributed by atoms with E-state index in [1.807, 2.05) is 11.8 Å². The molecule has 5 nitrogen and oxygen atoms in total. The lowest BCUT2D eigenvalue weighted by Gasteiger charge is -2.38. The Balaban J connectivity index is 1.83. The van der Waals surface area contributed by atoms with Crippen molar-refractivity contribution in [3.63, 3.8) is 0 Å². The van der Waals surface area contributed by atoms with E-state index in [1.54, 1.807) is 14.0 Å². The van der Waals surface area contributed by atoms with Crippen LogP contribution in [0.4, 0.5) is 0 Å². The molecular weight excluding hydrogens is 444 g/mol. The molecule has 1 fully saturated rings. The highest BCUT2D eigenvalue weighted by Gasteiger charge is 2.44. The fourth-order valence-electron chi connectivity index (χ4n) is 5.10. The molecule has 4 rings (SSSR count). The lowest BCUT2D eigenvalue weighted by Crippen LogP contribution is -2.52. The topological polar surface area (TPSA) is 54.7 Å². The second kappa shape index (κ2) is 8.04. The van der Waals surface area contributed by atoms with Crippen LogP contribution in [0.15, 0.2) is 22.7 Å². The van der Waals surface area contributed by atoms with E-state index in [4.69, 9.17) is 4.74 Å².